The molecule has 0 bridgehead atoms. The minimum absolute atomic E-state index is 0.175. The number of aromatic nitrogens is 2. The van der Waals surface area contributed by atoms with Gasteiger partial charge in [-0.3, -0.25) is 0 Å². The summed E-state index contributed by atoms with van der Waals surface area (Å²) in [7, 11) is 1.42. The van der Waals surface area contributed by atoms with E-state index >= 15 is 0 Å². The van der Waals surface area contributed by atoms with E-state index in [0.717, 1.165) is 6.07 Å². The summed E-state index contributed by atoms with van der Waals surface area (Å²) in [5, 5.41) is 2.97. The number of benzene rings is 1. The van der Waals surface area contributed by atoms with E-state index in [2.05, 4.69) is 15.3 Å². The Labute approximate surface area is 123 Å². The van der Waals surface area contributed by atoms with Gasteiger partial charge in [0.05, 0.1) is 0 Å². The summed E-state index contributed by atoms with van der Waals surface area (Å²) in [6.07, 6.45) is -4.58. The van der Waals surface area contributed by atoms with Crippen molar-refractivity contribution in [2.24, 2.45) is 0 Å². The van der Waals surface area contributed by atoms with Crippen molar-refractivity contribution in [3.05, 3.63) is 40.5 Å². The molecule has 8 heteroatoms. The summed E-state index contributed by atoms with van der Waals surface area (Å²) >= 11 is 5.81. The monoisotopic (exact) mass is 317 g/mol. The summed E-state index contributed by atoms with van der Waals surface area (Å²) in [5.74, 6) is -0.00758. The van der Waals surface area contributed by atoms with Crippen LogP contribution in [0.15, 0.2) is 24.3 Å². The molecule has 0 fully saturated rings. The van der Waals surface area contributed by atoms with Gasteiger partial charge in [0.2, 0.25) is 11.8 Å². The lowest BCUT2D eigenvalue weighted by molar-refractivity contribution is -0.141. The highest BCUT2D eigenvalue weighted by Crippen LogP contribution is 2.32. The van der Waals surface area contributed by atoms with E-state index in [1.54, 1.807) is 25.1 Å². The third kappa shape index (κ3) is 3.75. The highest BCUT2D eigenvalue weighted by atomic mass is 35.5. The molecule has 1 N–H and O–H groups in total. The summed E-state index contributed by atoms with van der Waals surface area (Å²) in [4.78, 5) is 7.20. The van der Waals surface area contributed by atoms with Crippen molar-refractivity contribution in [3.63, 3.8) is 0 Å². The summed E-state index contributed by atoms with van der Waals surface area (Å²) in [6.45, 7) is 1.73. The van der Waals surface area contributed by atoms with Crippen molar-refractivity contribution in [3.8, 4) is 11.6 Å². The highest BCUT2D eigenvalue weighted by molar-refractivity contribution is 6.30. The van der Waals surface area contributed by atoms with Crippen LogP contribution >= 0.6 is 11.6 Å². The lowest BCUT2D eigenvalue weighted by Crippen LogP contribution is -2.11. The molecule has 0 aliphatic heterocycles. The zero-order valence-corrected chi connectivity index (χ0v) is 11.9. The van der Waals surface area contributed by atoms with Crippen LogP contribution in [0.2, 0.25) is 5.02 Å². The van der Waals surface area contributed by atoms with Crippen LogP contribution in [-0.4, -0.2) is 17.0 Å². The molecule has 0 unspecified atom stereocenters. The van der Waals surface area contributed by atoms with E-state index in [9.17, 15) is 13.2 Å². The van der Waals surface area contributed by atoms with Crippen molar-refractivity contribution >= 4 is 17.5 Å². The lowest BCUT2D eigenvalue weighted by Gasteiger charge is -2.12. The Morgan fingerprint density at radius 1 is 1.19 bits per heavy atom. The number of hydrogen-bond donors (Lipinski definition) is 1. The molecule has 0 aliphatic rings. The fourth-order valence-electron chi connectivity index (χ4n) is 1.57. The standard InChI is InChI=1S/C13H11ClF3N3O/c1-7-5-8(14)3-4-9(7)21-11-6-10(13(15,16)17)19-12(18-2)20-11/h3-6H,1-2H3,(H,18,19,20). The lowest BCUT2D eigenvalue weighted by atomic mass is 10.2. The smallest absolute Gasteiger partial charge is 0.433 e. The maximum Gasteiger partial charge on any atom is 0.433 e. The van der Waals surface area contributed by atoms with Crippen molar-refractivity contribution in [2.75, 3.05) is 12.4 Å². The Hall–Kier alpha value is -2.02. The maximum absolute atomic E-state index is 12.8. The second-order valence-corrected chi connectivity index (χ2v) is 4.61. The molecule has 1 aromatic heterocycles. The van der Waals surface area contributed by atoms with Crippen molar-refractivity contribution in [2.45, 2.75) is 13.1 Å². The molecule has 0 amide bonds. The molecule has 2 aromatic rings. The highest BCUT2D eigenvalue weighted by Gasteiger charge is 2.34. The van der Waals surface area contributed by atoms with Crippen LogP contribution < -0.4 is 10.1 Å². The van der Waals surface area contributed by atoms with Gasteiger partial charge >= 0.3 is 6.18 Å². The van der Waals surface area contributed by atoms with Crippen molar-refractivity contribution < 1.29 is 17.9 Å². The van der Waals surface area contributed by atoms with Gasteiger partial charge in [0, 0.05) is 18.1 Å². The van der Waals surface area contributed by atoms with Gasteiger partial charge in [0.15, 0.2) is 5.69 Å². The van der Waals surface area contributed by atoms with Crippen LogP contribution in [0.25, 0.3) is 0 Å². The first-order chi connectivity index (χ1) is 9.79. The van der Waals surface area contributed by atoms with E-state index in [1.807, 2.05) is 0 Å². The molecular weight excluding hydrogens is 307 g/mol. The number of ether oxygens (including phenoxy) is 1. The fourth-order valence-corrected chi connectivity index (χ4v) is 1.80. The van der Waals surface area contributed by atoms with E-state index in [-0.39, 0.29) is 11.8 Å². The van der Waals surface area contributed by atoms with Crippen LogP contribution in [0.3, 0.4) is 0 Å². The molecule has 0 saturated heterocycles. The number of hydrogen-bond acceptors (Lipinski definition) is 4. The summed E-state index contributed by atoms with van der Waals surface area (Å²) < 4.78 is 43.7. The zero-order chi connectivity index (χ0) is 15.6. The van der Waals surface area contributed by atoms with Gasteiger partial charge in [-0.15, -0.1) is 0 Å². The van der Waals surface area contributed by atoms with E-state index in [1.165, 1.54) is 7.05 Å². The van der Waals surface area contributed by atoms with E-state index < -0.39 is 11.9 Å². The van der Waals surface area contributed by atoms with Gasteiger partial charge in [-0.2, -0.15) is 18.2 Å². The molecule has 0 aliphatic carbocycles. The number of nitrogens with one attached hydrogen (secondary N) is 1. The molecule has 0 spiro atoms. The SMILES string of the molecule is CNc1nc(Oc2ccc(Cl)cc2C)cc(C(F)(F)F)n1. The van der Waals surface area contributed by atoms with Crippen molar-refractivity contribution in [1.82, 2.24) is 9.97 Å². The number of alkyl halides is 3. The van der Waals surface area contributed by atoms with Gasteiger partial charge in [0.25, 0.3) is 0 Å². The number of rotatable bonds is 3. The van der Waals surface area contributed by atoms with Gasteiger partial charge in [-0.05, 0) is 30.7 Å². The Morgan fingerprint density at radius 2 is 1.90 bits per heavy atom. The molecule has 21 heavy (non-hydrogen) atoms. The second-order valence-electron chi connectivity index (χ2n) is 4.17. The summed E-state index contributed by atoms with van der Waals surface area (Å²) in [5.41, 5.74) is -0.399. The predicted molar refractivity (Wildman–Crippen MR) is 72.8 cm³/mol. The summed E-state index contributed by atoms with van der Waals surface area (Å²) in [6, 6.07) is 5.53. The largest absolute Gasteiger partial charge is 0.439 e. The Balaban J connectivity index is 2.39. The zero-order valence-electron chi connectivity index (χ0n) is 11.1. The first kappa shape index (κ1) is 15.4. The normalized spacial score (nSPS) is 11.3. The predicted octanol–water partition coefficient (Wildman–Crippen LogP) is 4.29. The molecule has 2 rings (SSSR count). The van der Waals surface area contributed by atoms with E-state index in [4.69, 9.17) is 16.3 Å². The van der Waals surface area contributed by atoms with E-state index in [0.29, 0.717) is 16.3 Å². The third-order valence-corrected chi connectivity index (χ3v) is 2.80. The third-order valence-electron chi connectivity index (χ3n) is 2.57. The fraction of sp³-hybridized carbons (Fsp3) is 0.231. The van der Waals surface area contributed by atoms with Crippen molar-refractivity contribution in [1.29, 1.82) is 0 Å². The van der Waals surface area contributed by atoms with Gasteiger partial charge < -0.3 is 10.1 Å². The topological polar surface area (TPSA) is 47.0 Å². The Morgan fingerprint density at radius 3 is 2.48 bits per heavy atom. The average Bonchev–Trinajstić information content (AvgIpc) is 2.40. The van der Waals surface area contributed by atoms with Crippen LogP contribution in [-0.2, 0) is 6.18 Å². The van der Waals surface area contributed by atoms with Gasteiger partial charge in [0.1, 0.15) is 5.75 Å². The number of nitrogens with zero attached hydrogens (tertiary/aromatic N) is 2. The average molecular weight is 318 g/mol. The van der Waals surface area contributed by atoms with Crippen LogP contribution in [0.4, 0.5) is 19.1 Å². The molecule has 0 saturated carbocycles. The van der Waals surface area contributed by atoms with Crippen LogP contribution in [0, 0.1) is 6.92 Å². The molecule has 0 radical (unpaired) electrons. The molecular formula is C13H11ClF3N3O. The van der Waals surface area contributed by atoms with Crippen LogP contribution in [0.5, 0.6) is 11.6 Å². The minimum Gasteiger partial charge on any atom is -0.439 e. The number of aryl methyl sites for hydroxylation is 1. The minimum atomic E-state index is -4.58. The van der Waals surface area contributed by atoms with Crippen LogP contribution in [0.1, 0.15) is 11.3 Å². The molecule has 1 aromatic carbocycles. The molecule has 4 nitrogen and oxygen atoms in total. The first-order valence-electron chi connectivity index (χ1n) is 5.87. The Bertz CT molecular complexity index is 662. The van der Waals surface area contributed by atoms with Gasteiger partial charge in [-0.1, -0.05) is 11.6 Å². The molecule has 1 heterocycles. The maximum atomic E-state index is 12.8. The van der Waals surface area contributed by atoms with Gasteiger partial charge in [-0.25, -0.2) is 4.98 Å². The second kappa shape index (κ2) is 5.77. The number of halogens is 4. The number of anilines is 1. The Kier molecular flexibility index (Phi) is 4.22. The molecule has 0 atom stereocenters. The quantitative estimate of drug-likeness (QED) is 0.917. The first-order valence-corrected chi connectivity index (χ1v) is 6.25. The molecule has 112 valence electrons.